The molecule has 0 atom stereocenters. The lowest BCUT2D eigenvalue weighted by Crippen LogP contribution is -2.37. The number of nitrogens with one attached hydrogen (secondary N) is 1. The average Bonchev–Trinajstić information content (AvgIpc) is 2.58. The van der Waals surface area contributed by atoms with Crippen LogP contribution in [0.2, 0.25) is 0 Å². The Morgan fingerprint density at radius 3 is 2.50 bits per heavy atom. The van der Waals surface area contributed by atoms with Gasteiger partial charge in [0, 0.05) is 30.0 Å². The molecule has 1 aliphatic rings. The molecule has 0 saturated carbocycles. The van der Waals surface area contributed by atoms with E-state index in [2.05, 4.69) is 41.1 Å². The van der Waals surface area contributed by atoms with E-state index in [9.17, 15) is 4.79 Å². The highest BCUT2D eigenvalue weighted by atomic mass is 79.9. The molecule has 1 aliphatic heterocycles. The lowest BCUT2D eigenvalue weighted by Gasteiger charge is -2.27. The molecule has 2 aromatic heterocycles. The van der Waals surface area contributed by atoms with Gasteiger partial charge < -0.3 is 15.0 Å². The number of halogens is 1. The van der Waals surface area contributed by atoms with E-state index >= 15 is 0 Å². The minimum absolute atomic E-state index is 0.238. The van der Waals surface area contributed by atoms with Gasteiger partial charge >= 0.3 is 0 Å². The molecule has 24 heavy (non-hydrogen) atoms. The van der Waals surface area contributed by atoms with E-state index in [1.807, 2.05) is 13.8 Å². The lowest BCUT2D eigenvalue weighted by molar-refractivity contribution is 0.102. The van der Waals surface area contributed by atoms with Crippen LogP contribution in [0.25, 0.3) is 0 Å². The number of morpholine rings is 1. The Balaban J connectivity index is 1.82. The zero-order valence-electron chi connectivity index (χ0n) is 13.5. The summed E-state index contributed by atoms with van der Waals surface area (Å²) >= 11 is 3.32. The van der Waals surface area contributed by atoms with Crippen molar-refractivity contribution in [2.75, 3.05) is 36.5 Å². The number of anilines is 2. The van der Waals surface area contributed by atoms with Crippen molar-refractivity contribution in [2.24, 2.45) is 0 Å². The average molecular weight is 392 g/mol. The maximum absolute atomic E-state index is 12.4. The number of hydrogen-bond donors (Lipinski definition) is 1. The summed E-state index contributed by atoms with van der Waals surface area (Å²) in [4.78, 5) is 27.6. The molecular weight excluding hydrogens is 374 g/mol. The number of amides is 1. The zero-order valence-corrected chi connectivity index (χ0v) is 15.1. The van der Waals surface area contributed by atoms with Gasteiger partial charge in [-0.05, 0) is 35.8 Å². The minimum Gasteiger partial charge on any atom is -0.378 e. The minimum atomic E-state index is -0.238. The number of pyridine rings is 1. The summed E-state index contributed by atoms with van der Waals surface area (Å²) in [5.41, 5.74) is 2.58. The molecule has 3 rings (SSSR count). The fourth-order valence-corrected chi connectivity index (χ4v) is 2.87. The Morgan fingerprint density at radius 2 is 1.88 bits per heavy atom. The second-order valence-electron chi connectivity index (χ2n) is 5.51. The van der Waals surface area contributed by atoms with Crippen LogP contribution < -0.4 is 10.2 Å². The SMILES string of the molecule is Cc1nc(N2CCOCC2)nc(C)c1NC(=O)c1cncc(Br)c1. The molecule has 1 saturated heterocycles. The van der Waals surface area contributed by atoms with E-state index in [0.29, 0.717) is 30.4 Å². The van der Waals surface area contributed by atoms with Crippen LogP contribution in [0.5, 0.6) is 0 Å². The van der Waals surface area contributed by atoms with Gasteiger partial charge in [0.25, 0.3) is 5.91 Å². The van der Waals surface area contributed by atoms with Gasteiger partial charge in [-0.3, -0.25) is 9.78 Å². The first kappa shape index (κ1) is 16.8. The van der Waals surface area contributed by atoms with Gasteiger partial charge in [-0.1, -0.05) is 0 Å². The van der Waals surface area contributed by atoms with Crippen molar-refractivity contribution >= 4 is 33.5 Å². The first-order chi connectivity index (χ1) is 11.5. The summed E-state index contributed by atoms with van der Waals surface area (Å²) in [5.74, 6) is 0.438. The Labute approximate surface area is 148 Å². The van der Waals surface area contributed by atoms with Gasteiger partial charge in [0.05, 0.1) is 35.9 Å². The van der Waals surface area contributed by atoms with Crippen molar-refractivity contribution in [1.82, 2.24) is 15.0 Å². The van der Waals surface area contributed by atoms with Gasteiger partial charge in [-0.2, -0.15) is 0 Å². The van der Waals surface area contributed by atoms with Crippen molar-refractivity contribution in [3.63, 3.8) is 0 Å². The van der Waals surface area contributed by atoms with Crippen LogP contribution in [-0.4, -0.2) is 47.2 Å². The molecule has 0 aliphatic carbocycles. The second kappa shape index (κ2) is 7.23. The van der Waals surface area contributed by atoms with Gasteiger partial charge in [-0.25, -0.2) is 9.97 Å². The quantitative estimate of drug-likeness (QED) is 0.864. The van der Waals surface area contributed by atoms with E-state index in [4.69, 9.17) is 4.74 Å². The number of rotatable bonds is 3. The van der Waals surface area contributed by atoms with E-state index in [0.717, 1.165) is 29.0 Å². The number of carbonyl (C=O) groups excluding carboxylic acids is 1. The summed E-state index contributed by atoms with van der Waals surface area (Å²) in [5, 5.41) is 2.88. The molecule has 3 heterocycles. The summed E-state index contributed by atoms with van der Waals surface area (Å²) < 4.78 is 6.11. The van der Waals surface area contributed by atoms with Gasteiger partial charge in [0.2, 0.25) is 5.95 Å². The topological polar surface area (TPSA) is 80.2 Å². The van der Waals surface area contributed by atoms with Crippen LogP contribution in [0.1, 0.15) is 21.7 Å². The smallest absolute Gasteiger partial charge is 0.257 e. The predicted octanol–water partition coefficient (Wildman–Crippen LogP) is 2.34. The van der Waals surface area contributed by atoms with Crippen molar-refractivity contribution < 1.29 is 9.53 Å². The zero-order chi connectivity index (χ0) is 17.1. The highest BCUT2D eigenvalue weighted by molar-refractivity contribution is 9.10. The highest BCUT2D eigenvalue weighted by Gasteiger charge is 2.18. The van der Waals surface area contributed by atoms with Gasteiger partial charge in [0.1, 0.15) is 0 Å². The normalized spacial score (nSPS) is 14.5. The molecule has 126 valence electrons. The Bertz CT molecular complexity index is 739. The van der Waals surface area contributed by atoms with Crippen molar-refractivity contribution in [3.05, 3.63) is 39.9 Å². The summed E-state index contributed by atoms with van der Waals surface area (Å²) in [6.45, 7) is 6.63. The molecule has 2 aromatic rings. The number of hydrogen-bond acceptors (Lipinski definition) is 6. The molecule has 1 N–H and O–H groups in total. The van der Waals surface area contributed by atoms with Crippen molar-refractivity contribution in [2.45, 2.75) is 13.8 Å². The fraction of sp³-hybridized carbons (Fsp3) is 0.375. The number of ether oxygens (including phenoxy) is 1. The van der Waals surface area contributed by atoms with Crippen LogP contribution in [0.15, 0.2) is 22.9 Å². The third kappa shape index (κ3) is 3.70. The van der Waals surface area contributed by atoms with Crippen LogP contribution >= 0.6 is 15.9 Å². The molecule has 0 aromatic carbocycles. The number of nitrogens with zero attached hydrogens (tertiary/aromatic N) is 4. The maximum Gasteiger partial charge on any atom is 0.257 e. The summed E-state index contributed by atoms with van der Waals surface area (Å²) in [6, 6.07) is 1.72. The molecule has 1 amide bonds. The first-order valence-electron chi connectivity index (χ1n) is 7.64. The molecule has 1 fully saturated rings. The number of aromatic nitrogens is 3. The summed E-state index contributed by atoms with van der Waals surface area (Å²) in [6.07, 6.45) is 3.15. The van der Waals surface area contributed by atoms with E-state index in [1.54, 1.807) is 12.3 Å². The van der Waals surface area contributed by atoms with Crippen molar-refractivity contribution in [1.29, 1.82) is 0 Å². The third-order valence-corrected chi connectivity index (χ3v) is 4.19. The number of aryl methyl sites for hydroxylation is 2. The molecule has 8 heteroatoms. The molecule has 0 bridgehead atoms. The molecule has 0 unspecified atom stereocenters. The largest absolute Gasteiger partial charge is 0.378 e. The Kier molecular flexibility index (Phi) is 5.06. The monoisotopic (exact) mass is 391 g/mol. The standard InChI is InChI=1S/C16H18BrN5O2/c1-10-14(21-15(23)12-7-13(17)9-18-8-12)11(2)20-16(19-10)22-3-5-24-6-4-22/h7-9H,3-6H2,1-2H3,(H,21,23). The Hall–Kier alpha value is -2.06. The third-order valence-electron chi connectivity index (χ3n) is 3.76. The summed E-state index contributed by atoms with van der Waals surface area (Å²) in [7, 11) is 0. The van der Waals surface area contributed by atoms with E-state index in [1.165, 1.54) is 6.20 Å². The molecule has 0 radical (unpaired) electrons. The fourth-order valence-electron chi connectivity index (χ4n) is 2.51. The van der Waals surface area contributed by atoms with Crippen LogP contribution in [0.4, 0.5) is 11.6 Å². The van der Waals surface area contributed by atoms with Gasteiger partial charge in [-0.15, -0.1) is 0 Å². The van der Waals surface area contributed by atoms with Gasteiger partial charge in [0.15, 0.2) is 0 Å². The first-order valence-corrected chi connectivity index (χ1v) is 8.44. The lowest BCUT2D eigenvalue weighted by atomic mass is 10.2. The number of carbonyl (C=O) groups is 1. The van der Waals surface area contributed by atoms with Crippen molar-refractivity contribution in [3.8, 4) is 0 Å². The van der Waals surface area contributed by atoms with E-state index in [-0.39, 0.29) is 5.91 Å². The van der Waals surface area contributed by atoms with Crippen LogP contribution in [0, 0.1) is 13.8 Å². The molecular formula is C16H18BrN5O2. The molecule has 7 nitrogen and oxygen atoms in total. The Morgan fingerprint density at radius 1 is 1.21 bits per heavy atom. The second-order valence-corrected chi connectivity index (χ2v) is 6.43. The maximum atomic E-state index is 12.4. The highest BCUT2D eigenvalue weighted by Crippen LogP contribution is 2.22. The van der Waals surface area contributed by atoms with Crippen LogP contribution in [0.3, 0.4) is 0 Å². The predicted molar refractivity (Wildman–Crippen MR) is 94.4 cm³/mol. The van der Waals surface area contributed by atoms with E-state index < -0.39 is 0 Å². The van der Waals surface area contributed by atoms with Crippen LogP contribution in [-0.2, 0) is 4.74 Å². The molecule has 0 spiro atoms.